The highest BCUT2D eigenvalue weighted by Gasteiger charge is 2.30. The van der Waals surface area contributed by atoms with Crippen molar-refractivity contribution in [2.24, 2.45) is 0 Å². The number of benzene rings is 1. The predicted molar refractivity (Wildman–Crippen MR) is 112 cm³/mol. The van der Waals surface area contributed by atoms with E-state index in [-0.39, 0.29) is 0 Å². The van der Waals surface area contributed by atoms with E-state index in [2.05, 4.69) is 5.10 Å². The molecule has 6 nitrogen and oxygen atoms in total. The molecule has 1 saturated carbocycles. The first-order valence-corrected chi connectivity index (χ1v) is 9.71. The molecule has 144 valence electrons. The first kappa shape index (κ1) is 18.8. The van der Waals surface area contributed by atoms with Gasteiger partial charge in [-0.15, -0.1) is 0 Å². The lowest BCUT2D eigenvalue weighted by molar-refractivity contribution is -0.131. The Bertz CT molecular complexity index is 1110. The van der Waals surface area contributed by atoms with Crippen LogP contribution >= 0.6 is 23.2 Å². The molecule has 28 heavy (non-hydrogen) atoms. The molecular formula is C20H18Cl2N4O2. The summed E-state index contributed by atoms with van der Waals surface area (Å²) < 4.78 is 1.83. The van der Waals surface area contributed by atoms with Gasteiger partial charge in [-0.25, -0.2) is 14.5 Å². The van der Waals surface area contributed by atoms with E-state index in [0.29, 0.717) is 28.2 Å². The number of aryl methyl sites for hydroxylation is 1. The number of carboxylic acids is 1. The van der Waals surface area contributed by atoms with Crippen molar-refractivity contribution in [1.82, 2.24) is 14.8 Å². The normalized spacial score (nSPS) is 14.2. The Balaban J connectivity index is 2.10. The lowest BCUT2D eigenvalue weighted by Gasteiger charge is -2.15. The monoisotopic (exact) mass is 416 g/mol. The number of aromatic nitrogens is 3. The number of hydrogen-bond donors (Lipinski definition) is 2. The second kappa shape index (κ2) is 7.11. The van der Waals surface area contributed by atoms with E-state index in [1.807, 2.05) is 11.6 Å². The summed E-state index contributed by atoms with van der Waals surface area (Å²) in [5, 5.41) is 15.1. The van der Waals surface area contributed by atoms with Crippen LogP contribution < -0.4 is 5.73 Å². The number of carboxylic acid groups (broad SMARTS) is 1. The Morgan fingerprint density at radius 3 is 2.61 bits per heavy atom. The molecule has 0 saturated heterocycles. The summed E-state index contributed by atoms with van der Waals surface area (Å²) in [7, 11) is 0. The molecule has 3 aromatic rings. The molecule has 1 aliphatic carbocycles. The van der Waals surface area contributed by atoms with Crippen LogP contribution in [-0.2, 0) is 11.3 Å². The van der Waals surface area contributed by atoms with Crippen molar-refractivity contribution in [2.75, 3.05) is 5.73 Å². The number of carbonyl (C=O) groups is 1. The Morgan fingerprint density at radius 2 is 2.04 bits per heavy atom. The van der Waals surface area contributed by atoms with Crippen LogP contribution in [0.25, 0.3) is 28.2 Å². The zero-order valence-electron chi connectivity index (χ0n) is 15.1. The minimum Gasteiger partial charge on any atom is -0.478 e. The maximum absolute atomic E-state index is 11.2. The summed E-state index contributed by atoms with van der Waals surface area (Å²) in [6.07, 6.45) is 6.51. The molecule has 0 spiro atoms. The van der Waals surface area contributed by atoms with Crippen LogP contribution in [0.2, 0.25) is 10.0 Å². The van der Waals surface area contributed by atoms with Gasteiger partial charge in [0.2, 0.25) is 0 Å². The molecule has 0 unspecified atom stereocenters. The number of fused-ring (bicyclic) bond motifs is 1. The number of halogens is 2. The number of hydrogen-bond acceptors (Lipinski definition) is 4. The van der Waals surface area contributed by atoms with Crippen molar-refractivity contribution >= 4 is 52.0 Å². The molecule has 3 N–H and O–H groups in total. The zero-order chi connectivity index (χ0) is 20.0. The van der Waals surface area contributed by atoms with Crippen LogP contribution in [0.5, 0.6) is 0 Å². The molecule has 1 fully saturated rings. The number of anilines is 1. The summed E-state index contributed by atoms with van der Waals surface area (Å²) in [4.78, 5) is 16.1. The third-order valence-electron chi connectivity index (χ3n) is 4.88. The molecule has 1 aromatic carbocycles. The first-order valence-electron chi connectivity index (χ1n) is 8.96. The number of rotatable bonds is 5. The molecule has 0 amide bonds. The third kappa shape index (κ3) is 3.23. The second-order valence-electron chi connectivity index (χ2n) is 6.78. The average molecular weight is 417 g/mol. The fourth-order valence-electron chi connectivity index (χ4n) is 3.38. The van der Waals surface area contributed by atoms with Gasteiger partial charge in [0.15, 0.2) is 5.65 Å². The average Bonchev–Trinajstić information content (AvgIpc) is 3.42. The lowest BCUT2D eigenvalue weighted by Crippen LogP contribution is -2.03. The van der Waals surface area contributed by atoms with E-state index in [0.717, 1.165) is 52.3 Å². The Kier molecular flexibility index (Phi) is 4.77. The van der Waals surface area contributed by atoms with Gasteiger partial charge in [-0.05, 0) is 43.5 Å². The smallest absolute Gasteiger partial charge is 0.328 e. The molecular weight excluding hydrogens is 399 g/mol. The van der Waals surface area contributed by atoms with E-state index in [1.54, 1.807) is 24.4 Å². The third-order valence-corrected chi connectivity index (χ3v) is 5.50. The van der Waals surface area contributed by atoms with Crippen molar-refractivity contribution in [3.05, 3.63) is 45.7 Å². The maximum atomic E-state index is 11.2. The van der Waals surface area contributed by atoms with E-state index in [4.69, 9.17) is 33.9 Å². The van der Waals surface area contributed by atoms with Crippen LogP contribution in [0.3, 0.4) is 0 Å². The molecule has 2 aromatic heterocycles. The maximum Gasteiger partial charge on any atom is 0.328 e. The highest BCUT2D eigenvalue weighted by molar-refractivity contribution is 6.39. The summed E-state index contributed by atoms with van der Waals surface area (Å²) in [6.45, 7) is 2.67. The van der Waals surface area contributed by atoms with Gasteiger partial charge in [0.05, 0.1) is 27.6 Å². The standard InChI is InChI=1S/C20H18Cl2N4O2/c1-2-26-20-13(9-24-26)17(11-7-14(21)18(23)15(22)8-11)12(5-6-16(27)28)19(25-20)10-3-4-10/h5-10H,2-4,23H2,1H3,(H,27,28)/b6-5+. The quantitative estimate of drug-likeness (QED) is 0.451. The molecule has 0 aliphatic heterocycles. The highest BCUT2D eigenvalue weighted by Crippen LogP contribution is 2.46. The minimum absolute atomic E-state index is 0.302. The van der Waals surface area contributed by atoms with Crippen LogP contribution in [0.4, 0.5) is 5.69 Å². The molecule has 4 rings (SSSR count). The number of aliphatic carboxylic acids is 1. The molecule has 8 heteroatoms. The van der Waals surface area contributed by atoms with Gasteiger partial charge in [-0.3, -0.25) is 0 Å². The summed E-state index contributed by atoms with van der Waals surface area (Å²) >= 11 is 12.6. The van der Waals surface area contributed by atoms with Crippen molar-refractivity contribution in [2.45, 2.75) is 32.2 Å². The minimum atomic E-state index is -1.02. The number of nitrogen functional groups attached to an aromatic ring is 1. The van der Waals surface area contributed by atoms with Gasteiger partial charge in [0, 0.05) is 35.1 Å². The van der Waals surface area contributed by atoms with E-state index < -0.39 is 5.97 Å². The largest absolute Gasteiger partial charge is 0.478 e. The van der Waals surface area contributed by atoms with Gasteiger partial charge in [-0.1, -0.05) is 23.2 Å². The highest BCUT2D eigenvalue weighted by atomic mass is 35.5. The molecule has 0 atom stereocenters. The predicted octanol–water partition coefficient (Wildman–Crippen LogP) is 4.98. The van der Waals surface area contributed by atoms with Crippen molar-refractivity contribution in [3.8, 4) is 11.1 Å². The van der Waals surface area contributed by atoms with Gasteiger partial charge in [0.25, 0.3) is 0 Å². The number of nitrogens with two attached hydrogens (primary N) is 1. The summed E-state index contributed by atoms with van der Waals surface area (Å²) in [5.74, 6) is -0.720. The van der Waals surface area contributed by atoms with Crippen LogP contribution in [0, 0.1) is 0 Å². The van der Waals surface area contributed by atoms with Crippen LogP contribution in [0.1, 0.15) is 36.9 Å². The van der Waals surface area contributed by atoms with Crippen molar-refractivity contribution in [3.63, 3.8) is 0 Å². The van der Waals surface area contributed by atoms with Gasteiger partial charge < -0.3 is 10.8 Å². The van der Waals surface area contributed by atoms with Gasteiger partial charge in [0.1, 0.15) is 0 Å². The molecule has 0 bridgehead atoms. The zero-order valence-corrected chi connectivity index (χ0v) is 16.6. The molecule has 2 heterocycles. The number of nitrogens with zero attached hydrogens (tertiary/aromatic N) is 3. The van der Waals surface area contributed by atoms with E-state index >= 15 is 0 Å². The van der Waals surface area contributed by atoms with Crippen LogP contribution in [0.15, 0.2) is 24.4 Å². The molecule has 0 radical (unpaired) electrons. The number of pyridine rings is 1. The Labute approximate surface area is 171 Å². The van der Waals surface area contributed by atoms with Gasteiger partial charge >= 0.3 is 5.97 Å². The summed E-state index contributed by atoms with van der Waals surface area (Å²) in [6, 6.07) is 3.49. The topological polar surface area (TPSA) is 94.0 Å². The fraction of sp³-hybridized carbons (Fsp3) is 0.250. The fourth-order valence-corrected chi connectivity index (χ4v) is 3.87. The Hall–Kier alpha value is -2.57. The van der Waals surface area contributed by atoms with Gasteiger partial charge in [-0.2, -0.15) is 5.10 Å². The van der Waals surface area contributed by atoms with Crippen LogP contribution in [-0.4, -0.2) is 25.8 Å². The molecule has 1 aliphatic rings. The van der Waals surface area contributed by atoms with E-state index in [1.165, 1.54) is 0 Å². The van der Waals surface area contributed by atoms with Crippen molar-refractivity contribution < 1.29 is 9.90 Å². The SMILES string of the molecule is CCn1ncc2c(-c3cc(Cl)c(N)c(Cl)c3)c(/C=C/C(=O)O)c(C3CC3)nc21. The first-order chi connectivity index (χ1) is 13.4. The summed E-state index contributed by atoms with van der Waals surface area (Å²) in [5.41, 5.74) is 10.2. The lowest BCUT2D eigenvalue weighted by atomic mass is 9.94. The Morgan fingerprint density at radius 1 is 1.36 bits per heavy atom. The second-order valence-corrected chi connectivity index (χ2v) is 7.60. The van der Waals surface area contributed by atoms with E-state index in [9.17, 15) is 9.90 Å². The van der Waals surface area contributed by atoms with Crippen molar-refractivity contribution in [1.29, 1.82) is 0 Å².